The number of benzene rings is 1. The predicted octanol–water partition coefficient (Wildman–Crippen LogP) is 2.46. The third-order valence-electron chi connectivity index (χ3n) is 1.33. The topological polar surface area (TPSA) is 37.3 Å². The van der Waals surface area contributed by atoms with Crippen molar-refractivity contribution in [1.29, 1.82) is 0 Å². The minimum atomic E-state index is -1.75. The third-order valence-corrected chi connectivity index (χ3v) is 1.68. The molecule has 0 aliphatic carbocycles. The van der Waals surface area contributed by atoms with E-state index in [0.29, 0.717) is 0 Å². The van der Waals surface area contributed by atoms with Crippen LogP contribution in [0.15, 0.2) is 6.07 Å². The zero-order chi connectivity index (χ0) is 10.2. The van der Waals surface area contributed by atoms with E-state index < -0.39 is 34.0 Å². The summed E-state index contributed by atoms with van der Waals surface area (Å²) >= 11 is 5.06. The normalized spacial score (nSPS) is 10.2. The second-order valence-corrected chi connectivity index (χ2v) is 2.53. The van der Waals surface area contributed by atoms with Crippen LogP contribution in [0, 0.1) is 17.5 Å². The van der Waals surface area contributed by atoms with Gasteiger partial charge in [-0.2, -0.15) is 0 Å². The van der Waals surface area contributed by atoms with Gasteiger partial charge in [-0.15, -0.1) is 0 Å². The van der Waals surface area contributed by atoms with Gasteiger partial charge in [-0.25, -0.2) is 18.0 Å². The van der Waals surface area contributed by atoms with E-state index in [4.69, 9.17) is 16.7 Å². The molecule has 0 aromatic heterocycles. The van der Waals surface area contributed by atoms with Crippen LogP contribution in [0.5, 0.6) is 0 Å². The van der Waals surface area contributed by atoms with Gasteiger partial charge in [-0.3, -0.25) is 0 Å². The summed E-state index contributed by atoms with van der Waals surface area (Å²) in [6, 6.07) is 0.130. The molecule has 6 heteroatoms. The number of carboxylic acids is 1. The highest BCUT2D eigenvalue weighted by molar-refractivity contribution is 6.33. The molecule has 0 heterocycles. The molecule has 0 radical (unpaired) electrons. The van der Waals surface area contributed by atoms with Gasteiger partial charge in [0.15, 0.2) is 11.6 Å². The largest absolute Gasteiger partial charge is 0.478 e. The van der Waals surface area contributed by atoms with Crippen molar-refractivity contribution in [2.75, 3.05) is 0 Å². The fourth-order valence-corrected chi connectivity index (χ4v) is 1.02. The number of aromatic carboxylic acids is 1. The Morgan fingerprint density at radius 2 is 1.85 bits per heavy atom. The van der Waals surface area contributed by atoms with E-state index in [1.165, 1.54) is 0 Å². The Balaban J connectivity index is 3.53. The van der Waals surface area contributed by atoms with Gasteiger partial charge in [0.25, 0.3) is 0 Å². The van der Waals surface area contributed by atoms with Gasteiger partial charge >= 0.3 is 5.97 Å². The van der Waals surface area contributed by atoms with Crippen LogP contribution in [0.1, 0.15) is 10.4 Å². The summed E-state index contributed by atoms with van der Waals surface area (Å²) in [4.78, 5) is 10.3. The van der Waals surface area contributed by atoms with Gasteiger partial charge in [0, 0.05) is 6.07 Å². The molecule has 1 aromatic rings. The Kier molecular flexibility index (Phi) is 2.47. The molecule has 0 spiro atoms. The molecule has 2 nitrogen and oxygen atoms in total. The summed E-state index contributed by atoms with van der Waals surface area (Å²) in [6.45, 7) is 0. The molecular weight excluding hydrogens is 209 g/mol. The maximum Gasteiger partial charge on any atom is 0.340 e. The smallest absolute Gasteiger partial charge is 0.340 e. The van der Waals surface area contributed by atoms with Crippen LogP contribution >= 0.6 is 11.6 Å². The molecule has 0 aliphatic heterocycles. The molecule has 0 unspecified atom stereocenters. The lowest BCUT2D eigenvalue weighted by atomic mass is 10.2. The van der Waals surface area contributed by atoms with E-state index in [2.05, 4.69) is 0 Å². The van der Waals surface area contributed by atoms with Crippen LogP contribution < -0.4 is 0 Å². The van der Waals surface area contributed by atoms with Crippen LogP contribution in [0.25, 0.3) is 0 Å². The van der Waals surface area contributed by atoms with Crippen molar-refractivity contribution in [2.24, 2.45) is 0 Å². The van der Waals surface area contributed by atoms with Crippen molar-refractivity contribution in [3.05, 3.63) is 34.1 Å². The number of halogens is 4. The van der Waals surface area contributed by atoms with E-state index in [9.17, 15) is 18.0 Å². The summed E-state index contributed by atoms with van der Waals surface area (Å²) < 4.78 is 37.7. The first-order chi connectivity index (χ1) is 5.95. The molecule has 0 aliphatic rings. The molecule has 1 rings (SSSR count). The monoisotopic (exact) mass is 210 g/mol. The Bertz CT molecular complexity index is 378. The average Bonchev–Trinajstić information content (AvgIpc) is 1.99. The van der Waals surface area contributed by atoms with Crippen LogP contribution in [-0.4, -0.2) is 11.1 Å². The number of carbonyl (C=O) groups is 1. The zero-order valence-corrected chi connectivity index (χ0v) is 6.70. The summed E-state index contributed by atoms with van der Waals surface area (Å²) in [5.41, 5.74) is -1.07. The summed E-state index contributed by atoms with van der Waals surface area (Å²) in [6.07, 6.45) is 0. The van der Waals surface area contributed by atoms with E-state index in [-0.39, 0.29) is 6.07 Å². The Hall–Kier alpha value is -1.23. The molecule has 0 saturated heterocycles. The van der Waals surface area contributed by atoms with Gasteiger partial charge in [0.2, 0.25) is 0 Å². The first-order valence-electron chi connectivity index (χ1n) is 3.01. The van der Waals surface area contributed by atoms with E-state index in [0.717, 1.165) is 0 Å². The number of rotatable bonds is 1. The van der Waals surface area contributed by atoms with Gasteiger partial charge in [-0.1, -0.05) is 11.6 Å². The quantitative estimate of drug-likeness (QED) is 0.571. The molecular formula is C7H2ClF3O2. The standard InChI is InChI=1S/C7H2ClF3O2/c8-5-4(7(12)13)2(9)1-3(10)6(5)11/h1H,(H,12,13). The Morgan fingerprint density at radius 1 is 1.31 bits per heavy atom. The first-order valence-corrected chi connectivity index (χ1v) is 3.39. The summed E-state index contributed by atoms with van der Waals surface area (Å²) in [5, 5.41) is 7.28. The number of hydrogen-bond donors (Lipinski definition) is 1. The van der Waals surface area contributed by atoms with Crippen molar-refractivity contribution < 1.29 is 23.1 Å². The van der Waals surface area contributed by atoms with Crippen LogP contribution in [0.2, 0.25) is 5.02 Å². The molecule has 0 bridgehead atoms. The van der Waals surface area contributed by atoms with Crippen molar-refractivity contribution in [3.63, 3.8) is 0 Å². The zero-order valence-electron chi connectivity index (χ0n) is 5.94. The molecule has 0 saturated carbocycles. The lowest BCUT2D eigenvalue weighted by Crippen LogP contribution is -2.05. The first kappa shape index (κ1) is 9.85. The fourth-order valence-electron chi connectivity index (χ4n) is 0.762. The molecule has 13 heavy (non-hydrogen) atoms. The Morgan fingerprint density at radius 3 is 2.31 bits per heavy atom. The average molecular weight is 211 g/mol. The maximum absolute atomic E-state index is 12.7. The second kappa shape index (κ2) is 3.26. The van der Waals surface area contributed by atoms with Crippen molar-refractivity contribution >= 4 is 17.6 Å². The molecule has 0 atom stereocenters. The van der Waals surface area contributed by atoms with E-state index in [1.807, 2.05) is 0 Å². The van der Waals surface area contributed by atoms with Gasteiger partial charge in [0.05, 0.1) is 5.02 Å². The summed E-state index contributed by atoms with van der Waals surface area (Å²) in [5.74, 6) is -6.24. The lowest BCUT2D eigenvalue weighted by molar-refractivity contribution is 0.0691. The van der Waals surface area contributed by atoms with Gasteiger partial charge < -0.3 is 5.11 Å². The molecule has 0 fully saturated rings. The number of carboxylic acid groups (broad SMARTS) is 1. The van der Waals surface area contributed by atoms with Crippen molar-refractivity contribution in [3.8, 4) is 0 Å². The lowest BCUT2D eigenvalue weighted by Gasteiger charge is -2.02. The van der Waals surface area contributed by atoms with Gasteiger partial charge in [0.1, 0.15) is 11.4 Å². The fraction of sp³-hybridized carbons (Fsp3) is 0. The van der Waals surface area contributed by atoms with Crippen molar-refractivity contribution in [1.82, 2.24) is 0 Å². The van der Waals surface area contributed by atoms with Crippen LogP contribution in [0.3, 0.4) is 0 Å². The molecule has 1 aromatic carbocycles. The van der Waals surface area contributed by atoms with E-state index >= 15 is 0 Å². The highest BCUT2D eigenvalue weighted by Crippen LogP contribution is 2.25. The van der Waals surface area contributed by atoms with Crippen LogP contribution in [-0.2, 0) is 0 Å². The van der Waals surface area contributed by atoms with Crippen molar-refractivity contribution in [2.45, 2.75) is 0 Å². The number of hydrogen-bond acceptors (Lipinski definition) is 1. The maximum atomic E-state index is 12.7. The highest BCUT2D eigenvalue weighted by atomic mass is 35.5. The summed E-state index contributed by atoms with van der Waals surface area (Å²) in [7, 11) is 0. The molecule has 70 valence electrons. The van der Waals surface area contributed by atoms with Crippen LogP contribution in [0.4, 0.5) is 13.2 Å². The SMILES string of the molecule is O=C(O)c1c(F)cc(F)c(F)c1Cl. The van der Waals surface area contributed by atoms with E-state index in [1.54, 1.807) is 0 Å². The Labute approximate surface area is 75.6 Å². The molecule has 1 N–H and O–H groups in total. The van der Waals surface area contributed by atoms with Gasteiger partial charge in [-0.05, 0) is 0 Å². The minimum absolute atomic E-state index is 0.130. The highest BCUT2D eigenvalue weighted by Gasteiger charge is 2.21. The third kappa shape index (κ3) is 1.60. The minimum Gasteiger partial charge on any atom is -0.478 e. The predicted molar refractivity (Wildman–Crippen MR) is 38.3 cm³/mol. The molecule has 0 amide bonds. The second-order valence-electron chi connectivity index (χ2n) is 2.15.